The van der Waals surface area contributed by atoms with Crippen LogP contribution >= 0.6 is 0 Å². The van der Waals surface area contributed by atoms with Crippen molar-refractivity contribution in [2.75, 3.05) is 5.32 Å². The summed E-state index contributed by atoms with van der Waals surface area (Å²) in [5.74, 6) is -1.03. The highest BCUT2D eigenvalue weighted by atomic mass is 19.1. The standard InChI is InChI=1S/C22H14FN5O/c1-2-21(29)28-20-9-13(3-4-19(20)23)15-8-17-18(12-27-22(17)26-11-15)14-5-6-25-16(7-14)10-24/h2-9,11-12H,1H2,(H,26,27)(H,28,29). The van der Waals surface area contributed by atoms with Gasteiger partial charge in [0, 0.05) is 35.1 Å². The fraction of sp³-hybridized carbons (Fsp3) is 0. The maximum atomic E-state index is 14.0. The summed E-state index contributed by atoms with van der Waals surface area (Å²) in [4.78, 5) is 23.1. The predicted molar refractivity (Wildman–Crippen MR) is 108 cm³/mol. The van der Waals surface area contributed by atoms with Crippen molar-refractivity contribution in [3.63, 3.8) is 0 Å². The number of aromatic amines is 1. The Morgan fingerprint density at radius 3 is 2.83 bits per heavy atom. The Labute approximate surface area is 165 Å². The van der Waals surface area contributed by atoms with Gasteiger partial charge in [0.2, 0.25) is 5.91 Å². The van der Waals surface area contributed by atoms with E-state index in [-0.39, 0.29) is 5.69 Å². The van der Waals surface area contributed by atoms with Crippen molar-refractivity contribution in [3.05, 3.63) is 79.2 Å². The minimum atomic E-state index is -0.541. The molecule has 1 aromatic carbocycles. The van der Waals surface area contributed by atoms with Gasteiger partial charge >= 0.3 is 0 Å². The van der Waals surface area contributed by atoms with Crippen molar-refractivity contribution in [2.45, 2.75) is 0 Å². The van der Waals surface area contributed by atoms with Gasteiger partial charge in [0.25, 0.3) is 0 Å². The number of rotatable bonds is 4. The first-order valence-corrected chi connectivity index (χ1v) is 8.66. The zero-order valence-corrected chi connectivity index (χ0v) is 15.1. The zero-order chi connectivity index (χ0) is 20.4. The van der Waals surface area contributed by atoms with E-state index in [0.717, 1.165) is 28.2 Å². The number of carbonyl (C=O) groups excluding carboxylic acids is 1. The quantitative estimate of drug-likeness (QED) is 0.510. The molecule has 0 aliphatic carbocycles. The Bertz CT molecular complexity index is 1300. The van der Waals surface area contributed by atoms with Crippen LogP contribution in [-0.4, -0.2) is 20.9 Å². The smallest absolute Gasteiger partial charge is 0.247 e. The molecule has 4 aromatic rings. The summed E-state index contributed by atoms with van der Waals surface area (Å²) in [5.41, 5.74) is 4.22. The van der Waals surface area contributed by atoms with Crippen LogP contribution < -0.4 is 5.32 Å². The van der Waals surface area contributed by atoms with E-state index in [2.05, 4.69) is 26.8 Å². The van der Waals surface area contributed by atoms with Crippen LogP contribution in [0.1, 0.15) is 5.69 Å². The Morgan fingerprint density at radius 1 is 1.17 bits per heavy atom. The van der Waals surface area contributed by atoms with E-state index in [1.54, 1.807) is 30.6 Å². The summed E-state index contributed by atoms with van der Waals surface area (Å²) in [6, 6.07) is 11.9. The van der Waals surface area contributed by atoms with Gasteiger partial charge in [-0.15, -0.1) is 0 Å². The number of nitrogens with one attached hydrogen (secondary N) is 2. The van der Waals surface area contributed by atoms with Crippen molar-refractivity contribution in [1.29, 1.82) is 5.26 Å². The molecule has 6 nitrogen and oxygen atoms in total. The third-order valence-corrected chi connectivity index (χ3v) is 4.46. The lowest BCUT2D eigenvalue weighted by atomic mass is 10.0. The normalized spacial score (nSPS) is 10.5. The second-order valence-corrected chi connectivity index (χ2v) is 6.25. The van der Waals surface area contributed by atoms with Gasteiger partial charge in [0.05, 0.1) is 5.69 Å². The molecule has 3 heterocycles. The van der Waals surface area contributed by atoms with Crippen molar-refractivity contribution >= 4 is 22.6 Å². The number of benzene rings is 1. The lowest BCUT2D eigenvalue weighted by molar-refractivity contribution is -0.111. The number of nitriles is 1. The SMILES string of the molecule is C=CC(=O)Nc1cc(-c2cnc3[nH]cc(-c4ccnc(C#N)c4)c3c2)ccc1F. The summed E-state index contributed by atoms with van der Waals surface area (Å²) in [6.45, 7) is 3.37. The fourth-order valence-corrected chi connectivity index (χ4v) is 3.04. The average Bonchev–Trinajstić information content (AvgIpc) is 3.18. The van der Waals surface area contributed by atoms with E-state index in [4.69, 9.17) is 5.26 Å². The van der Waals surface area contributed by atoms with Crippen molar-refractivity contribution in [2.24, 2.45) is 0 Å². The minimum absolute atomic E-state index is 0.0644. The highest BCUT2D eigenvalue weighted by Crippen LogP contribution is 2.32. The summed E-state index contributed by atoms with van der Waals surface area (Å²) >= 11 is 0. The third kappa shape index (κ3) is 3.47. The molecule has 0 bridgehead atoms. The molecule has 0 aliphatic heterocycles. The molecular formula is C22H14FN5O. The molecule has 3 aromatic heterocycles. The van der Waals surface area contributed by atoms with Crippen LogP contribution in [0.15, 0.2) is 67.6 Å². The fourth-order valence-electron chi connectivity index (χ4n) is 3.04. The molecule has 0 saturated heterocycles. The van der Waals surface area contributed by atoms with Crippen molar-refractivity contribution in [3.8, 4) is 28.3 Å². The Balaban J connectivity index is 1.80. The molecule has 7 heteroatoms. The summed E-state index contributed by atoms with van der Waals surface area (Å²) < 4.78 is 14.0. The number of halogens is 1. The van der Waals surface area contributed by atoms with E-state index in [1.807, 2.05) is 24.4 Å². The van der Waals surface area contributed by atoms with Gasteiger partial charge in [-0.05, 0) is 47.5 Å². The zero-order valence-electron chi connectivity index (χ0n) is 15.1. The van der Waals surface area contributed by atoms with Gasteiger partial charge in [-0.2, -0.15) is 5.26 Å². The molecule has 0 saturated carbocycles. The maximum absolute atomic E-state index is 14.0. The van der Waals surface area contributed by atoms with Crippen LogP contribution in [0.3, 0.4) is 0 Å². The Morgan fingerprint density at radius 2 is 2.03 bits per heavy atom. The molecular weight excluding hydrogens is 369 g/mol. The van der Waals surface area contributed by atoms with Crippen LogP contribution in [0.4, 0.5) is 10.1 Å². The Kier molecular flexibility index (Phi) is 4.59. The first-order chi connectivity index (χ1) is 14.1. The summed E-state index contributed by atoms with van der Waals surface area (Å²) in [5, 5.41) is 12.4. The maximum Gasteiger partial charge on any atom is 0.247 e. The highest BCUT2D eigenvalue weighted by Gasteiger charge is 2.12. The number of anilines is 1. The summed E-state index contributed by atoms with van der Waals surface area (Å²) in [6.07, 6.45) is 6.15. The van der Waals surface area contributed by atoms with Gasteiger partial charge in [0.1, 0.15) is 23.2 Å². The molecule has 0 spiro atoms. The van der Waals surface area contributed by atoms with Crippen LogP contribution in [0, 0.1) is 17.1 Å². The summed E-state index contributed by atoms with van der Waals surface area (Å²) in [7, 11) is 0. The number of pyridine rings is 2. The van der Waals surface area contributed by atoms with Gasteiger partial charge in [-0.1, -0.05) is 12.6 Å². The average molecular weight is 383 g/mol. The largest absolute Gasteiger partial charge is 0.346 e. The molecule has 29 heavy (non-hydrogen) atoms. The number of carbonyl (C=O) groups is 1. The van der Waals surface area contributed by atoms with Crippen molar-refractivity contribution in [1.82, 2.24) is 15.0 Å². The Hall–Kier alpha value is -4.31. The van der Waals surface area contributed by atoms with E-state index < -0.39 is 11.7 Å². The third-order valence-electron chi connectivity index (χ3n) is 4.46. The van der Waals surface area contributed by atoms with E-state index in [0.29, 0.717) is 16.9 Å². The number of nitrogens with zero attached hydrogens (tertiary/aromatic N) is 3. The van der Waals surface area contributed by atoms with Crippen LogP contribution in [0.25, 0.3) is 33.3 Å². The van der Waals surface area contributed by atoms with Crippen LogP contribution in [0.5, 0.6) is 0 Å². The number of fused-ring (bicyclic) bond motifs is 1. The highest BCUT2D eigenvalue weighted by molar-refractivity contribution is 6.00. The number of aromatic nitrogens is 3. The second kappa shape index (κ2) is 7.37. The molecule has 0 atom stereocenters. The van der Waals surface area contributed by atoms with Gasteiger partial charge in [-0.25, -0.2) is 14.4 Å². The number of H-pyrrole nitrogens is 1. The van der Waals surface area contributed by atoms with E-state index >= 15 is 0 Å². The monoisotopic (exact) mass is 383 g/mol. The lowest BCUT2D eigenvalue weighted by Crippen LogP contribution is -2.08. The predicted octanol–water partition coefficient (Wildman–Crippen LogP) is 4.43. The molecule has 0 radical (unpaired) electrons. The van der Waals surface area contributed by atoms with Gasteiger partial charge in [-0.3, -0.25) is 4.79 Å². The molecule has 4 rings (SSSR count). The first kappa shape index (κ1) is 18.1. The van der Waals surface area contributed by atoms with Gasteiger partial charge in [0.15, 0.2) is 0 Å². The topological polar surface area (TPSA) is 94.5 Å². The number of hydrogen-bond donors (Lipinski definition) is 2. The van der Waals surface area contributed by atoms with Crippen molar-refractivity contribution < 1.29 is 9.18 Å². The van der Waals surface area contributed by atoms with E-state index in [1.165, 1.54) is 6.07 Å². The lowest BCUT2D eigenvalue weighted by Gasteiger charge is -2.08. The number of amides is 1. The molecule has 140 valence electrons. The first-order valence-electron chi connectivity index (χ1n) is 8.66. The minimum Gasteiger partial charge on any atom is -0.346 e. The molecule has 2 N–H and O–H groups in total. The van der Waals surface area contributed by atoms with Crippen LogP contribution in [0.2, 0.25) is 0 Å². The number of hydrogen-bond acceptors (Lipinski definition) is 4. The second-order valence-electron chi connectivity index (χ2n) is 6.25. The molecule has 1 amide bonds. The van der Waals surface area contributed by atoms with E-state index in [9.17, 15) is 9.18 Å². The van der Waals surface area contributed by atoms with Crippen LogP contribution in [-0.2, 0) is 4.79 Å². The molecule has 0 aliphatic rings. The molecule has 0 unspecified atom stereocenters. The molecule has 0 fully saturated rings. The van der Waals surface area contributed by atoms with Gasteiger partial charge < -0.3 is 10.3 Å².